The van der Waals surface area contributed by atoms with Crippen LogP contribution in [0.15, 0.2) is 24.3 Å². The van der Waals surface area contributed by atoms with Gasteiger partial charge >= 0.3 is 5.97 Å². The average Bonchev–Trinajstić information content (AvgIpc) is 3.32. The highest BCUT2D eigenvalue weighted by molar-refractivity contribution is 6.83. The van der Waals surface area contributed by atoms with Gasteiger partial charge in [0.15, 0.2) is 0 Å². The molecule has 0 spiro atoms. The second-order valence-electron chi connectivity index (χ2n) is 12.0. The van der Waals surface area contributed by atoms with Crippen molar-refractivity contribution >= 4 is 14.0 Å². The number of hydrogen-bond donors (Lipinski definition) is 0. The van der Waals surface area contributed by atoms with Crippen molar-refractivity contribution in [3.05, 3.63) is 29.8 Å². The van der Waals surface area contributed by atoms with E-state index in [1.165, 1.54) is 0 Å². The number of carbonyl (C=O) groups excluding carboxylic acids is 1. The van der Waals surface area contributed by atoms with Gasteiger partial charge in [0.05, 0.1) is 37.3 Å². The normalized spacial score (nSPS) is 20.2. The Morgan fingerprint density at radius 1 is 1.13 bits per heavy atom. The molecule has 1 aliphatic heterocycles. The Morgan fingerprint density at radius 3 is 2.39 bits per heavy atom. The van der Waals surface area contributed by atoms with Gasteiger partial charge in [0.2, 0.25) is 0 Å². The number of ether oxygens (including phenoxy) is 6. The van der Waals surface area contributed by atoms with Gasteiger partial charge in [0, 0.05) is 13.7 Å². The first-order valence-corrected chi connectivity index (χ1v) is 17.0. The van der Waals surface area contributed by atoms with E-state index >= 15 is 0 Å². The van der Waals surface area contributed by atoms with E-state index in [0.717, 1.165) is 30.6 Å². The summed E-state index contributed by atoms with van der Waals surface area (Å²) < 4.78 is 35.0. The van der Waals surface area contributed by atoms with E-state index < -0.39 is 25.7 Å². The molecule has 38 heavy (non-hydrogen) atoms. The zero-order chi connectivity index (χ0) is 28.3. The Morgan fingerprint density at radius 2 is 1.82 bits per heavy atom. The van der Waals surface area contributed by atoms with Gasteiger partial charge in [0.25, 0.3) is 0 Å². The zero-order valence-corrected chi connectivity index (χ0v) is 25.8. The molecule has 1 heterocycles. The minimum atomic E-state index is -1.61. The maximum absolute atomic E-state index is 13.0. The van der Waals surface area contributed by atoms with Crippen LogP contribution in [0.25, 0.3) is 0 Å². The highest BCUT2D eigenvalue weighted by Gasteiger charge is 2.42. The molecule has 1 fully saturated rings. The van der Waals surface area contributed by atoms with Crippen LogP contribution in [-0.2, 0) is 35.1 Å². The summed E-state index contributed by atoms with van der Waals surface area (Å²) in [4.78, 5) is 13.0. The first kappa shape index (κ1) is 32.3. The number of hydrogen-bond acceptors (Lipinski definition) is 7. The second-order valence-corrected chi connectivity index (χ2v) is 16.8. The molecule has 0 unspecified atom stereocenters. The van der Waals surface area contributed by atoms with E-state index in [-0.39, 0.29) is 30.9 Å². The lowest BCUT2D eigenvalue weighted by Gasteiger charge is -2.34. The molecule has 2 rings (SSSR count). The molecule has 1 aliphatic rings. The third-order valence-electron chi connectivity index (χ3n) is 6.24. The Kier molecular flexibility index (Phi) is 12.8. The third-order valence-corrected chi connectivity index (χ3v) is 7.14. The number of methoxy groups -OCH3 is 2. The number of benzene rings is 1. The highest BCUT2D eigenvalue weighted by Crippen LogP contribution is 2.31. The predicted octanol–water partition coefficient (Wildman–Crippen LogP) is 5.61. The molecule has 0 aliphatic carbocycles. The Balaban J connectivity index is 2.06. The molecule has 0 N–H and O–H groups in total. The van der Waals surface area contributed by atoms with Crippen LogP contribution >= 0.6 is 0 Å². The Hall–Kier alpha value is -1.89. The molecule has 214 valence electrons. The van der Waals surface area contributed by atoms with Gasteiger partial charge in [-0.2, -0.15) is 0 Å². The topological polar surface area (TPSA) is 72.5 Å². The molecule has 0 radical (unpaired) electrons. The van der Waals surface area contributed by atoms with Crippen molar-refractivity contribution in [2.45, 2.75) is 97.6 Å². The lowest BCUT2D eigenvalue weighted by atomic mass is 9.93. The summed E-state index contributed by atoms with van der Waals surface area (Å²) in [6.07, 6.45) is 1.22. The molecule has 1 aromatic carbocycles. The fraction of sp³-hybridized carbons (Fsp3) is 0.700. The summed E-state index contributed by atoms with van der Waals surface area (Å²) in [5.74, 6) is 3.70. The summed E-state index contributed by atoms with van der Waals surface area (Å²) >= 11 is 0. The van der Waals surface area contributed by atoms with Crippen LogP contribution in [0.2, 0.25) is 19.6 Å². The van der Waals surface area contributed by atoms with Gasteiger partial charge in [0.1, 0.15) is 32.8 Å². The van der Waals surface area contributed by atoms with Gasteiger partial charge in [-0.3, -0.25) is 4.79 Å². The van der Waals surface area contributed by atoms with Gasteiger partial charge in [-0.05, 0) is 64.7 Å². The summed E-state index contributed by atoms with van der Waals surface area (Å²) in [5.41, 5.74) is 3.88. The maximum Gasteiger partial charge on any atom is 0.311 e. The van der Waals surface area contributed by atoms with Gasteiger partial charge in [-0.15, -0.1) is 11.5 Å². The number of carbonyl (C=O) groups is 1. The van der Waals surface area contributed by atoms with Crippen molar-refractivity contribution in [3.63, 3.8) is 0 Å². The maximum atomic E-state index is 13.0. The molecular formula is C30H48O7Si. The summed E-state index contributed by atoms with van der Waals surface area (Å²) in [6.45, 7) is 15.4. The Bertz CT molecular complexity index is 908. The first-order chi connectivity index (χ1) is 17.8. The summed E-state index contributed by atoms with van der Waals surface area (Å²) in [7, 11) is 1.63. The van der Waals surface area contributed by atoms with Crippen LogP contribution in [0.5, 0.6) is 5.75 Å². The first-order valence-electron chi connectivity index (χ1n) is 13.5. The number of esters is 1. The molecule has 0 bridgehead atoms. The molecule has 0 aromatic heterocycles. The zero-order valence-electron chi connectivity index (χ0n) is 24.8. The average molecular weight is 549 g/mol. The quantitative estimate of drug-likeness (QED) is 0.104. The third kappa shape index (κ3) is 11.1. The molecule has 1 aromatic rings. The number of rotatable bonds is 13. The molecule has 0 saturated carbocycles. The standard InChI is InChI=1S/C30H48O7Si/c1-22(17-19-38(7,8)9)27(37-29(31)30(2,3)4)28(35-21-32-5)26-15-14-25(36-26)16-18-34-20-23-10-12-24(33-6)13-11-23/h10-13,22,25-28H,14-16,18,20-21H2,1-9H3/t22-,25-,26+,27-,28-/m1/s1. The van der Waals surface area contributed by atoms with Crippen molar-refractivity contribution in [3.8, 4) is 17.2 Å². The van der Waals surface area contributed by atoms with Crippen LogP contribution in [0.1, 0.15) is 52.5 Å². The highest BCUT2D eigenvalue weighted by atomic mass is 28.3. The lowest BCUT2D eigenvalue weighted by molar-refractivity contribution is -0.194. The molecule has 5 atom stereocenters. The van der Waals surface area contributed by atoms with Crippen molar-refractivity contribution in [2.24, 2.45) is 11.3 Å². The van der Waals surface area contributed by atoms with Crippen LogP contribution in [0.4, 0.5) is 0 Å². The fourth-order valence-corrected chi connectivity index (χ4v) is 4.70. The molecular weight excluding hydrogens is 500 g/mol. The summed E-state index contributed by atoms with van der Waals surface area (Å²) in [5, 5.41) is 0. The minimum Gasteiger partial charge on any atom is -0.497 e. The van der Waals surface area contributed by atoms with Gasteiger partial charge in [-0.25, -0.2) is 0 Å². The Labute approximate surface area is 230 Å². The van der Waals surface area contributed by atoms with E-state index in [2.05, 4.69) is 31.1 Å². The smallest absolute Gasteiger partial charge is 0.311 e. The van der Waals surface area contributed by atoms with Crippen LogP contribution < -0.4 is 4.74 Å². The van der Waals surface area contributed by atoms with E-state index in [1.807, 2.05) is 52.0 Å². The van der Waals surface area contributed by atoms with Gasteiger partial charge in [-0.1, -0.05) is 31.8 Å². The van der Waals surface area contributed by atoms with Crippen molar-refractivity contribution in [1.29, 1.82) is 0 Å². The monoisotopic (exact) mass is 548 g/mol. The molecule has 1 saturated heterocycles. The van der Waals surface area contributed by atoms with E-state index in [9.17, 15) is 4.79 Å². The lowest BCUT2D eigenvalue weighted by Crippen LogP contribution is -2.47. The second kappa shape index (κ2) is 15.0. The van der Waals surface area contributed by atoms with Crippen LogP contribution in [0.3, 0.4) is 0 Å². The SMILES string of the molecule is COCO[C@@H]([C@H](OC(=O)C(C)(C)C)[C@H](C)C#C[Si](C)(C)C)[C@@H]1CC[C@H](CCOCc2ccc(OC)cc2)O1. The fourth-order valence-electron chi connectivity index (χ4n) is 4.04. The molecule has 8 heteroatoms. The predicted molar refractivity (Wildman–Crippen MR) is 152 cm³/mol. The van der Waals surface area contributed by atoms with Crippen LogP contribution in [-0.4, -0.2) is 66.1 Å². The van der Waals surface area contributed by atoms with Crippen molar-refractivity contribution in [2.75, 3.05) is 27.6 Å². The van der Waals surface area contributed by atoms with Gasteiger partial charge < -0.3 is 28.4 Å². The van der Waals surface area contributed by atoms with Crippen molar-refractivity contribution < 1.29 is 33.2 Å². The minimum absolute atomic E-state index is 0.0480. The van der Waals surface area contributed by atoms with E-state index in [0.29, 0.717) is 13.2 Å². The van der Waals surface area contributed by atoms with E-state index in [1.54, 1.807) is 14.2 Å². The summed E-state index contributed by atoms with van der Waals surface area (Å²) in [6, 6.07) is 7.87. The van der Waals surface area contributed by atoms with Crippen molar-refractivity contribution in [1.82, 2.24) is 0 Å². The van der Waals surface area contributed by atoms with E-state index in [4.69, 9.17) is 28.4 Å². The van der Waals surface area contributed by atoms with Crippen LogP contribution in [0, 0.1) is 22.8 Å². The largest absolute Gasteiger partial charge is 0.497 e. The molecule has 7 nitrogen and oxygen atoms in total. The molecule has 0 amide bonds.